The average Bonchev–Trinajstić information content (AvgIpc) is 2.64. The van der Waals surface area contributed by atoms with Gasteiger partial charge < -0.3 is 14.6 Å². The Kier molecular flexibility index (Phi) is 3.65. The zero-order valence-corrected chi connectivity index (χ0v) is 9.72. The highest BCUT2D eigenvalue weighted by Gasteiger charge is 2.44. The average molecular weight is 239 g/mol. The Labute approximate surface area is 100 Å². The molecular formula is C12H17NO4. The molecule has 0 aromatic carbocycles. The third kappa shape index (κ3) is 2.96. The van der Waals surface area contributed by atoms with Crippen LogP contribution in [-0.2, 0) is 14.3 Å². The van der Waals surface area contributed by atoms with Gasteiger partial charge in [-0.05, 0) is 12.8 Å². The molecule has 1 saturated carbocycles. The van der Waals surface area contributed by atoms with Crippen LogP contribution in [0.25, 0.3) is 0 Å². The van der Waals surface area contributed by atoms with Gasteiger partial charge in [-0.1, -0.05) is 0 Å². The van der Waals surface area contributed by atoms with E-state index in [2.05, 4.69) is 6.07 Å². The smallest absolute Gasteiger partial charge is 0.305 e. The van der Waals surface area contributed by atoms with Gasteiger partial charge in [0.15, 0.2) is 5.79 Å². The zero-order chi connectivity index (χ0) is 12.3. The van der Waals surface area contributed by atoms with Crippen LogP contribution in [0.5, 0.6) is 0 Å². The van der Waals surface area contributed by atoms with E-state index in [-0.39, 0.29) is 18.6 Å². The van der Waals surface area contributed by atoms with E-state index in [0.717, 1.165) is 25.7 Å². The van der Waals surface area contributed by atoms with Crippen molar-refractivity contribution in [2.75, 3.05) is 0 Å². The second kappa shape index (κ2) is 5.03. The van der Waals surface area contributed by atoms with E-state index in [4.69, 9.17) is 19.8 Å². The van der Waals surface area contributed by atoms with Gasteiger partial charge in [-0.3, -0.25) is 4.79 Å². The van der Waals surface area contributed by atoms with Crippen LogP contribution in [0, 0.1) is 11.3 Å². The number of aliphatic carboxylic acids is 1. The number of hydrogen-bond acceptors (Lipinski definition) is 4. The number of carboxylic acid groups (broad SMARTS) is 1. The quantitative estimate of drug-likeness (QED) is 0.812. The van der Waals surface area contributed by atoms with Gasteiger partial charge in [0.05, 0.1) is 31.1 Å². The molecule has 0 amide bonds. The minimum absolute atomic E-state index is 0.00691. The largest absolute Gasteiger partial charge is 0.481 e. The highest BCUT2D eigenvalue weighted by atomic mass is 16.7. The first kappa shape index (κ1) is 12.3. The number of hydrogen-bond donors (Lipinski definition) is 1. The van der Waals surface area contributed by atoms with Crippen molar-refractivity contribution < 1.29 is 19.4 Å². The molecule has 1 N–H and O–H groups in total. The van der Waals surface area contributed by atoms with Crippen molar-refractivity contribution in [3.05, 3.63) is 0 Å². The molecule has 5 nitrogen and oxygen atoms in total. The van der Waals surface area contributed by atoms with E-state index < -0.39 is 11.8 Å². The van der Waals surface area contributed by atoms with Gasteiger partial charge in [-0.25, -0.2) is 0 Å². The van der Waals surface area contributed by atoms with Crippen LogP contribution < -0.4 is 0 Å². The van der Waals surface area contributed by atoms with Crippen LogP contribution >= 0.6 is 0 Å². The zero-order valence-electron chi connectivity index (χ0n) is 9.72. The summed E-state index contributed by atoms with van der Waals surface area (Å²) in [6.45, 7) is 0. The van der Waals surface area contributed by atoms with E-state index in [9.17, 15) is 4.79 Å². The highest BCUT2D eigenvalue weighted by molar-refractivity contribution is 5.67. The van der Waals surface area contributed by atoms with Gasteiger partial charge >= 0.3 is 5.97 Å². The molecule has 5 heteroatoms. The van der Waals surface area contributed by atoms with E-state index in [1.165, 1.54) is 0 Å². The third-order valence-corrected chi connectivity index (χ3v) is 3.38. The van der Waals surface area contributed by atoms with Gasteiger partial charge in [0.25, 0.3) is 0 Å². The van der Waals surface area contributed by atoms with Gasteiger partial charge in [-0.15, -0.1) is 0 Å². The number of nitrogens with zero attached hydrogens (tertiary/aromatic N) is 1. The number of carbonyl (C=O) groups is 1. The van der Waals surface area contributed by atoms with E-state index in [1.807, 2.05) is 0 Å². The molecule has 1 aliphatic carbocycles. The lowest BCUT2D eigenvalue weighted by Gasteiger charge is -2.42. The maximum absolute atomic E-state index is 10.7. The molecule has 2 rings (SSSR count). The second-order valence-corrected chi connectivity index (χ2v) is 4.79. The molecule has 1 heterocycles. The predicted octanol–water partition coefficient (Wildman–Crippen LogP) is 1.82. The van der Waals surface area contributed by atoms with Crippen LogP contribution in [0.3, 0.4) is 0 Å². The summed E-state index contributed by atoms with van der Waals surface area (Å²) >= 11 is 0. The van der Waals surface area contributed by atoms with E-state index in [0.29, 0.717) is 12.8 Å². The van der Waals surface area contributed by atoms with Crippen molar-refractivity contribution >= 4 is 5.97 Å². The number of rotatable bonds is 3. The fourth-order valence-corrected chi connectivity index (χ4v) is 2.72. The third-order valence-electron chi connectivity index (χ3n) is 3.38. The summed E-state index contributed by atoms with van der Waals surface area (Å²) in [7, 11) is 0. The lowest BCUT2D eigenvalue weighted by molar-refractivity contribution is -0.313. The van der Waals surface area contributed by atoms with Crippen LogP contribution in [0.2, 0.25) is 0 Å². The Morgan fingerprint density at radius 3 is 2.59 bits per heavy atom. The molecular weight excluding hydrogens is 222 g/mol. The molecule has 1 spiro atoms. The molecule has 0 radical (unpaired) electrons. The fraction of sp³-hybridized carbons (Fsp3) is 0.833. The Balaban J connectivity index is 2.04. The van der Waals surface area contributed by atoms with Crippen molar-refractivity contribution in [3.63, 3.8) is 0 Å². The number of nitriles is 1. The molecule has 94 valence electrons. The summed E-state index contributed by atoms with van der Waals surface area (Å²) in [6, 6.07) is 2.09. The van der Waals surface area contributed by atoms with Crippen molar-refractivity contribution in [3.8, 4) is 6.07 Å². The molecule has 0 aromatic rings. The van der Waals surface area contributed by atoms with Crippen molar-refractivity contribution in [1.82, 2.24) is 0 Å². The SMILES string of the molecule is N#CC[C@@H]1C[C@H](CC(=O)O)OC2(CCCC2)O1. The maximum atomic E-state index is 10.7. The maximum Gasteiger partial charge on any atom is 0.305 e. The van der Waals surface area contributed by atoms with Gasteiger partial charge in [0.2, 0.25) is 0 Å². The van der Waals surface area contributed by atoms with Crippen molar-refractivity contribution in [2.24, 2.45) is 0 Å². The molecule has 0 aromatic heterocycles. The topological polar surface area (TPSA) is 79.6 Å². The summed E-state index contributed by atoms with van der Waals surface area (Å²) in [5.74, 6) is -1.47. The normalized spacial score (nSPS) is 31.2. The van der Waals surface area contributed by atoms with Gasteiger partial charge in [0, 0.05) is 19.3 Å². The summed E-state index contributed by atoms with van der Waals surface area (Å²) in [5.41, 5.74) is 0. The molecule has 2 aliphatic rings. The predicted molar refractivity (Wildman–Crippen MR) is 58.0 cm³/mol. The van der Waals surface area contributed by atoms with Crippen LogP contribution in [0.1, 0.15) is 44.9 Å². The highest BCUT2D eigenvalue weighted by Crippen LogP contribution is 2.41. The summed E-state index contributed by atoms with van der Waals surface area (Å²) in [4.78, 5) is 10.7. The van der Waals surface area contributed by atoms with Crippen LogP contribution in [0.15, 0.2) is 0 Å². The van der Waals surface area contributed by atoms with Crippen molar-refractivity contribution in [2.45, 2.75) is 62.9 Å². The minimum atomic E-state index is -0.860. The first-order chi connectivity index (χ1) is 8.13. The molecule has 0 bridgehead atoms. The fourth-order valence-electron chi connectivity index (χ4n) is 2.72. The minimum Gasteiger partial charge on any atom is -0.481 e. The van der Waals surface area contributed by atoms with Gasteiger partial charge in [0.1, 0.15) is 0 Å². The molecule has 17 heavy (non-hydrogen) atoms. The summed E-state index contributed by atoms with van der Waals surface area (Å²) in [5, 5.41) is 17.6. The number of ether oxygens (including phenoxy) is 2. The Morgan fingerprint density at radius 2 is 2.00 bits per heavy atom. The molecule has 1 aliphatic heterocycles. The van der Waals surface area contributed by atoms with Crippen LogP contribution in [0.4, 0.5) is 0 Å². The second-order valence-electron chi connectivity index (χ2n) is 4.79. The molecule has 1 saturated heterocycles. The van der Waals surface area contributed by atoms with E-state index in [1.54, 1.807) is 0 Å². The van der Waals surface area contributed by atoms with E-state index >= 15 is 0 Å². The Hall–Kier alpha value is -1.12. The Morgan fingerprint density at radius 1 is 1.35 bits per heavy atom. The number of carboxylic acids is 1. The first-order valence-electron chi connectivity index (χ1n) is 6.08. The molecule has 2 atom stereocenters. The standard InChI is InChI=1S/C12H17NO4/c13-6-3-9-7-10(8-11(14)15)17-12(16-9)4-1-2-5-12/h9-10H,1-5,7-8H2,(H,14,15)/t9-,10-/m1/s1. The first-order valence-corrected chi connectivity index (χ1v) is 6.08. The van der Waals surface area contributed by atoms with Crippen LogP contribution in [-0.4, -0.2) is 29.1 Å². The monoisotopic (exact) mass is 239 g/mol. The molecule has 0 unspecified atom stereocenters. The Bertz CT molecular complexity index is 330. The lowest BCUT2D eigenvalue weighted by Crippen LogP contribution is -2.47. The summed E-state index contributed by atoms with van der Waals surface area (Å²) in [6.07, 6.45) is 4.00. The van der Waals surface area contributed by atoms with Gasteiger partial charge in [-0.2, -0.15) is 5.26 Å². The summed E-state index contributed by atoms with van der Waals surface area (Å²) < 4.78 is 11.7. The van der Waals surface area contributed by atoms with Crippen molar-refractivity contribution in [1.29, 1.82) is 5.26 Å². The molecule has 2 fully saturated rings. The lowest BCUT2D eigenvalue weighted by atomic mass is 10.0.